The van der Waals surface area contributed by atoms with Crippen molar-refractivity contribution in [3.05, 3.63) is 246 Å². The van der Waals surface area contributed by atoms with Gasteiger partial charge >= 0.3 is 0 Å². The van der Waals surface area contributed by atoms with Gasteiger partial charge in [-0.3, -0.25) is 0 Å². The van der Waals surface area contributed by atoms with Gasteiger partial charge in [-0.1, -0.05) is 201 Å². The number of allylic oxidation sites excluding steroid dienone is 1. The lowest BCUT2D eigenvalue weighted by molar-refractivity contribution is 0.675. The molecule has 69 heavy (non-hydrogen) atoms. The molecule has 0 nitrogen and oxygen atoms in total. The molecule has 1 aliphatic carbocycles. The first-order valence-electron chi connectivity index (χ1n) is 24.1. The average molecular weight is 911 g/mol. The number of fused-ring (bicyclic) bond motifs is 18. The fraction of sp³-hybridized carbons (Fsp3) is 0.0448. The van der Waals surface area contributed by atoms with Crippen molar-refractivity contribution in [1.82, 2.24) is 0 Å². The first-order chi connectivity index (χ1) is 34.1. The van der Waals surface area contributed by atoms with Crippen LogP contribution in [0, 0.1) is 0 Å². The Hall–Kier alpha value is -7.88. The van der Waals surface area contributed by atoms with Crippen molar-refractivity contribution >= 4 is 123 Å². The number of hydrogen-bond acceptors (Lipinski definition) is 2. The Bertz CT molecular complexity index is 4450. The number of hydrogen-bond donors (Lipinski definition) is 0. The van der Waals surface area contributed by atoms with Crippen LogP contribution in [0.5, 0.6) is 0 Å². The van der Waals surface area contributed by atoms with Crippen LogP contribution in [0.3, 0.4) is 0 Å². The Morgan fingerprint density at radius 1 is 0.319 bits per heavy atom. The first-order valence-corrected chi connectivity index (χ1v) is 25.7. The summed E-state index contributed by atoms with van der Waals surface area (Å²) < 4.78 is 4.04. The van der Waals surface area contributed by atoms with Crippen molar-refractivity contribution in [3.63, 3.8) is 0 Å². The molecule has 0 bridgehead atoms. The molecule has 2 unspecified atom stereocenters. The van der Waals surface area contributed by atoms with E-state index in [0.29, 0.717) is 5.92 Å². The van der Waals surface area contributed by atoms with Crippen molar-refractivity contribution in [3.8, 4) is 22.3 Å². The molecule has 0 saturated heterocycles. The summed E-state index contributed by atoms with van der Waals surface area (Å²) in [7, 11) is 0. The number of benzene rings is 12. The minimum atomic E-state index is 0.206. The predicted octanol–water partition coefficient (Wildman–Crippen LogP) is 19.9. The molecule has 12 aromatic carbocycles. The Morgan fingerprint density at radius 3 is 1.43 bits per heavy atom. The van der Waals surface area contributed by atoms with Crippen molar-refractivity contribution in [1.29, 1.82) is 0 Å². The van der Waals surface area contributed by atoms with Gasteiger partial charge in [0.05, 0.1) is 0 Å². The number of rotatable bonds is 4. The molecule has 2 heteroatoms. The largest absolute Gasteiger partial charge is 0.135 e. The minimum absolute atomic E-state index is 0.206. The fourth-order valence-corrected chi connectivity index (χ4v) is 14.8. The maximum atomic E-state index is 2.61. The summed E-state index contributed by atoms with van der Waals surface area (Å²) in [5.41, 5.74) is 10.5. The molecule has 14 aromatic rings. The lowest BCUT2D eigenvalue weighted by Gasteiger charge is -2.29. The summed E-state index contributed by atoms with van der Waals surface area (Å²) in [4.78, 5) is 1.41. The highest BCUT2D eigenvalue weighted by Crippen LogP contribution is 2.53. The van der Waals surface area contributed by atoms with E-state index in [9.17, 15) is 0 Å². The predicted molar refractivity (Wildman–Crippen MR) is 302 cm³/mol. The van der Waals surface area contributed by atoms with Crippen molar-refractivity contribution in [2.24, 2.45) is 0 Å². The molecule has 0 fully saturated rings. The normalized spacial score (nSPS) is 15.1. The van der Waals surface area contributed by atoms with Crippen LogP contribution < -0.4 is 0 Å². The molecule has 0 radical (unpaired) electrons. The van der Waals surface area contributed by atoms with Gasteiger partial charge in [0.1, 0.15) is 0 Å². The standard InChI is InChI=1S/C67H42S2/c1-39-59(38-60(67-65(39)58-24-10-11-27-63(58)68-67)43-29-32-55-51-21-5-3-17-47(51)49-19-7-9-23-53(49)62(55)36-43)44-30-33-56-57-26-13-25-45(66(57)69-64(56)37-44)42-15-12-14-40(34-42)41-28-31-54-50-20-4-2-16-46(50)48-18-6-8-22-52(48)61(54)35-41/h2-39,59H,1H3. The average Bonchev–Trinajstić information content (AvgIpc) is 4.00. The van der Waals surface area contributed by atoms with Crippen LogP contribution in [0.15, 0.2) is 224 Å². The molecule has 2 aromatic heterocycles. The van der Waals surface area contributed by atoms with Gasteiger partial charge in [-0.15, -0.1) is 22.7 Å². The molecular weight excluding hydrogens is 869 g/mol. The van der Waals surface area contributed by atoms with Crippen LogP contribution >= 0.6 is 22.7 Å². The zero-order valence-corrected chi connectivity index (χ0v) is 39.5. The van der Waals surface area contributed by atoms with Gasteiger partial charge in [-0.25, -0.2) is 0 Å². The van der Waals surface area contributed by atoms with E-state index in [2.05, 4.69) is 231 Å². The third kappa shape index (κ3) is 5.86. The van der Waals surface area contributed by atoms with Crippen molar-refractivity contribution < 1.29 is 0 Å². The van der Waals surface area contributed by atoms with E-state index in [1.165, 1.54) is 144 Å². The van der Waals surface area contributed by atoms with E-state index in [0.717, 1.165) is 0 Å². The molecule has 2 heterocycles. The van der Waals surface area contributed by atoms with Gasteiger partial charge in [0, 0.05) is 35.7 Å². The summed E-state index contributed by atoms with van der Waals surface area (Å²) in [5, 5.41) is 19.7. The summed E-state index contributed by atoms with van der Waals surface area (Å²) in [6.07, 6.45) is 2.61. The zero-order valence-electron chi connectivity index (χ0n) is 37.8. The zero-order chi connectivity index (χ0) is 45.3. The topological polar surface area (TPSA) is 0 Å². The molecular formula is C67H42S2. The molecule has 2 atom stereocenters. The van der Waals surface area contributed by atoms with Crippen LogP contribution in [0.1, 0.15) is 40.3 Å². The summed E-state index contributed by atoms with van der Waals surface area (Å²) in [6, 6.07) is 82.2. The molecule has 322 valence electrons. The van der Waals surface area contributed by atoms with E-state index in [4.69, 9.17) is 0 Å². The minimum Gasteiger partial charge on any atom is -0.135 e. The summed E-state index contributed by atoms with van der Waals surface area (Å²) in [5.74, 6) is 0.513. The Kier molecular flexibility index (Phi) is 8.54. The maximum Gasteiger partial charge on any atom is 0.0433 e. The lowest BCUT2D eigenvalue weighted by Crippen LogP contribution is -2.13. The number of thiophene rings is 2. The second-order valence-corrected chi connectivity index (χ2v) is 21.2. The van der Waals surface area contributed by atoms with E-state index < -0.39 is 0 Å². The van der Waals surface area contributed by atoms with Crippen LogP contribution in [-0.2, 0) is 0 Å². The van der Waals surface area contributed by atoms with Crippen molar-refractivity contribution in [2.45, 2.75) is 18.8 Å². The first kappa shape index (κ1) is 39.1. The quantitative estimate of drug-likeness (QED) is 0.154. The van der Waals surface area contributed by atoms with Gasteiger partial charge in [-0.05, 0) is 151 Å². The van der Waals surface area contributed by atoms with Crippen LogP contribution in [0.4, 0.5) is 0 Å². The molecule has 0 aliphatic heterocycles. The van der Waals surface area contributed by atoms with Gasteiger partial charge in [0.25, 0.3) is 0 Å². The molecule has 15 rings (SSSR count). The molecule has 0 amide bonds. The fourth-order valence-electron chi connectivity index (χ4n) is 12.2. The van der Waals surface area contributed by atoms with E-state index in [-0.39, 0.29) is 5.92 Å². The second kappa shape index (κ2) is 15.1. The third-order valence-corrected chi connectivity index (χ3v) is 17.9. The molecule has 1 aliphatic rings. The van der Waals surface area contributed by atoms with Crippen LogP contribution in [0.25, 0.3) is 123 Å². The highest BCUT2D eigenvalue weighted by atomic mass is 32.1. The Labute approximate surface area is 407 Å². The van der Waals surface area contributed by atoms with E-state index in [1.54, 1.807) is 0 Å². The smallest absolute Gasteiger partial charge is 0.0433 e. The Morgan fingerprint density at radius 2 is 0.797 bits per heavy atom. The SMILES string of the molecule is CC1c2c(sc3ccccc23)C(c2ccc3c4ccccc4c4ccccc4c3c2)=CC1c1ccc2c(c1)sc1c(-c3cccc(-c4ccc5c6ccccc6c6ccccc6c5c4)c3)cccc12. The van der Waals surface area contributed by atoms with E-state index >= 15 is 0 Å². The highest BCUT2D eigenvalue weighted by molar-refractivity contribution is 7.26. The summed E-state index contributed by atoms with van der Waals surface area (Å²) >= 11 is 3.89. The van der Waals surface area contributed by atoms with Gasteiger partial charge < -0.3 is 0 Å². The summed E-state index contributed by atoms with van der Waals surface area (Å²) in [6.45, 7) is 2.45. The lowest BCUT2D eigenvalue weighted by atomic mass is 9.75. The Balaban J connectivity index is 0.854. The van der Waals surface area contributed by atoms with Gasteiger partial charge in [-0.2, -0.15) is 0 Å². The van der Waals surface area contributed by atoms with Crippen LogP contribution in [0.2, 0.25) is 0 Å². The monoisotopic (exact) mass is 910 g/mol. The maximum absolute atomic E-state index is 2.61. The highest BCUT2D eigenvalue weighted by Gasteiger charge is 2.32. The third-order valence-electron chi connectivity index (χ3n) is 15.4. The van der Waals surface area contributed by atoms with Crippen LogP contribution in [-0.4, -0.2) is 0 Å². The van der Waals surface area contributed by atoms with Crippen molar-refractivity contribution in [2.75, 3.05) is 0 Å². The van der Waals surface area contributed by atoms with Gasteiger partial charge in [0.2, 0.25) is 0 Å². The van der Waals surface area contributed by atoms with Gasteiger partial charge in [0.15, 0.2) is 0 Å². The second-order valence-electron chi connectivity index (χ2n) is 19.1. The molecule has 0 saturated carbocycles. The van der Waals surface area contributed by atoms with E-state index in [1.807, 2.05) is 22.7 Å². The molecule has 0 N–H and O–H groups in total. The molecule has 0 spiro atoms.